The average molecular weight is 299 g/mol. The quantitative estimate of drug-likeness (QED) is 0.917. The van der Waals surface area contributed by atoms with Crippen LogP contribution in [0.3, 0.4) is 0 Å². The van der Waals surface area contributed by atoms with Gasteiger partial charge in [0.15, 0.2) is 18.1 Å². The van der Waals surface area contributed by atoms with Gasteiger partial charge in [0.25, 0.3) is 5.91 Å². The lowest BCUT2D eigenvalue weighted by Gasteiger charge is -2.13. The molecule has 2 aromatic rings. The molecule has 0 saturated heterocycles. The minimum absolute atomic E-state index is 0.0623. The lowest BCUT2D eigenvalue weighted by molar-refractivity contribution is -0.118. The number of ether oxygens (including phenoxy) is 2. The number of aryl methyl sites for hydroxylation is 3. The van der Waals surface area contributed by atoms with Crippen molar-refractivity contribution in [2.24, 2.45) is 0 Å². The van der Waals surface area contributed by atoms with Gasteiger partial charge in [-0.3, -0.25) is 4.79 Å². The van der Waals surface area contributed by atoms with Crippen LogP contribution in [0.5, 0.6) is 11.5 Å². The number of methoxy groups -OCH3 is 1. The van der Waals surface area contributed by atoms with Gasteiger partial charge in [0, 0.05) is 5.69 Å². The zero-order valence-corrected chi connectivity index (χ0v) is 13.4. The molecule has 0 radical (unpaired) electrons. The van der Waals surface area contributed by atoms with Crippen LogP contribution in [0.15, 0.2) is 36.4 Å². The smallest absolute Gasteiger partial charge is 0.262 e. The number of hydrogen-bond donors (Lipinski definition) is 1. The summed E-state index contributed by atoms with van der Waals surface area (Å²) in [7, 11) is 1.58. The van der Waals surface area contributed by atoms with Crippen molar-refractivity contribution in [3.8, 4) is 11.5 Å². The molecule has 0 heterocycles. The largest absolute Gasteiger partial charge is 0.493 e. The highest BCUT2D eigenvalue weighted by Gasteiger charge is 2.10. The van der Waals surface area contributed by atoms with E-state index in [2.05, 4.69) is 5.32 Å². The lowest BCUT2D eigenvalue weighted by Crippen LogP contribution is -2.21. The second-order valence-corrected chi connectivity index (χ2v) is 5.26. The van der Waals surface area contributed by atoms with Gasteiger partial charge in [-0.15, -0.1) is 0 Å². The molecule has 0 atom stereocenters. The minimum Gasteiger partial charge on any atom is -0.493 e. The molecule has 0 fully saturated rings. The van der Waals surface area contributed by atoms with E-state index in [1.807, 2.05) is 51.1 Å². The zero-order chi connectivity index (χ0) is 16.1. The molecule has 4 heteroatoms. The number of rotatable bonds is 5. The third-order valence-electron chi connectivity index (χ3n) is 3.42. The number of nitrogens with one attached hydrogen (secondary N) is 1. The predicted molar refractivity (Wildman–Crippen MR) is 87.8 cm³/mol. The third-order valence-corrected chi connectivity index (χ3v) is 3.42. The molecule has 22 heavy (non-hydrogen) atoms. The maximum atomic E-state index is 12.1. The average Bonchev–Trinajstić information content (AvgIpc) is 2.49. The Morgan fingerprint density at radius 3 is 2.36 bits per heavy atom. The molecule has 2 rings (SSSR count). The van der Waals surface area contributed by atoms with Crippen LogP contribution in [0.25, 0.3) is 0 Å². The first-order valence-corrected chi connectivity index (χ1v) is 7.14. The van der Waals surface area contributed by atoms with Crippen LogP contribution in [0.1, 0.15) is 16.7 Å². The van der Waals surface area contributed by atoms with Gasteiger partial charge in [-0.2, -0.15) is 0 Å². The molecule has 0 spiro atoms. The number of benzene rings is 2. The molecule has 4 nitrogen and oxygen atoms in total. The van der Waals surface area contributed by atoms with Crippen LogP contribution >= 0.6 is 0 Å². The van der Waals surface area contributed by atoms with Crippen LogP contribution in [-0.4, -0.2) is 19.6 Å². The Morgan fingerprint density at radius 1 is 1.05 bits per heavy atom. The first kappa shape index (κ1) is 15.9. The van der Waals surface area contributed by atoms with Crippen molar-refractivity contribution in [2.75, 3.05) is 19.0 Å². The van der Waals surface area contributed by atoms with Gasteiger partial charge in [0.2, 0.25) is 0 Å². The monoisotopic (exact) mass is 299 g/mol. The lowest BCUT2D eigenvalue weighted by atomic mass is 10.1. The van der Waals surface area contributed by atoms with E-state index in [-0.39, 0.29) is 12.5 Å². The number of anilines is 1. The van der Waals surface area contributed by atoms with Crippen LogP contribution in [0.4, 0.5) is 5.69 Å². The Balaban J connectivity index is 2.02. The fraction of sp³-hybridized carbons (Fsp3) is 0.278. The molecule has 2 aromatic carbocycles. The SMILES string of the molecule is COc1cc(C)ccc1OCC(=O)Nc1c(C)cccc1C. The van der Waals surface area contributed by atoms with Crippen molar-refractivity contribution in [3.63, 3.8) is 0 Å². The van der Waals surface area contributed by atoms with E-state index < -0.39 is 0 Å². The molecule has 0 aliphatic carbocycles. The Hall–Kier alpha value is -2.49. The summed E-state index contributed by atoms with van der Waals surface area (Å²) in [5.74, 6) is 0.990. The standard InChI is InChI=1S/C18H21NO3/c1-12-8-9-15(16(10-12)21-4)22-11-17(20)19-18-13(2)6-5-7-14(18)3/h5-10H,11H2,1-4H3,(H,19,20). The maximum Gasteiger partial charge on any atom is 0.262 e. The summed E-state index contributed by atoms with van der Waals surface area (Å²) in [6.07, 6.45) is 0. The highest BCUT2D eigenvalue weighted by Crippen LogP contribution is 2.27. The van der Waals surface area contributed by atoms with Gasteiger partial charge < -0.3 is 14.8 Å². The number of carbonyl (C=O) groups excluding carboxylic acids is 1. The molecule has 0 bridgehead atoms. The van der Waals surface area contributed by atoms with E-state index in [0.717, 1.165) is 22.4 Å². The van der Waals surface area contributed by atoms with Crippen LogP contribution in [0, 0.1) is 20.8 Å². The van der Waals surface area contributed by atoms with Crippen molar-refractivity contribution >= 4 is 11.6 Å². The van der Waals surface area contributed by atoms with E-state index in [9.17, 15) is 4.79 Å². The van der Waals surface area contributed by atoms with E-state index in [0.29, 0.717) is 11.5 Å². The van der Waals surface area contributed by atoms with Gasteiger partial charge in [0.05, 0.1) is 7.11 Å². The summed E-state index contributed by atoms with van der Waals surface area (Å²) >= 11 is 0. The number of amides is 1. The first-order chi connectivity index (χ1) is 10.5. The molecule has 0 aliphatic rings. The van der Waals surface area contributed by atoms with E-state index in [4.69, 9.17) is 9.47 Å². The fourth-order valence-electron chi connectivity index (χ4n) is 2.22. The topological polar surface area (TPSA) is 47.6 Å². The molecule has 0 unspecified atom stereocenters. The van der Waals surface area contributed by atoms with Gasteiger partial charge >= 0.3 is 0 Å². The summed E-state index contributed by atoms with van der Waals surface area (Å²) in [6, 6.07) is 11.5. The van der Waals surface area contributed by atoms with Crippen molar-refractivity contribution in [1.29, 1.82) is 0 Å². The summed E-state index contributed by atoms with van der Waals surface area (Å²) < 4.78 is 10.8. The second-order valence-electron chi connectivity index (χ2n) is 5.26. The number of carbonyl (C=O) groups is 1. The Kier molecular flexibility index (Phi) is 5.04. The van der Waals surface area contributed by atoms with Crippen LogP contribution < -0.4 is 14.8 Å². The van der Waals surface area contributed by atoms with Gasteiger partial charge in [-0.25, -0.2) is 0 Å². The highest BCUT2D eigenvalue weighted by atomic mass is 16.5. The predicted octanol–water partition coefficient (Wildman–Crippen LogP) is 3.64. The summed E-state index contributed by atoms with van der Waals surface area (Å²) in [5, 5.41) is 2.89. The Bertz CT molecular complexity index is 660. The Morgan fingerprint density at radius 2 is 1.73 bits per heavy atom. The Labute approximate surface area is 131 Å². The first-order valence-electron chi connectivity index (χ1n) is 7.14. The molecular weight excluding hydrogens is 278 g/mol. The minimum atomic E-state index is -0.194. The van der Waals surface area contributed by atoms with Crippen LogP contribution in [0.2, 0.25) is 0 Å². The van der Waals surface area contributed by atoms with Gasteiger partial charge in [-0.05, 0) is 49.6 Å². The molecule has 1 N–H and O–H groups in total. The third kappa shape index (κ3) is 3.79. The van der Waals surface area contributed by atoms with Crippen molar-refractivity contribution in [3.05, 3.63) is 53.1 Å². The van der Waals surface area contributed by atoms with Crippen molar-refractivity contribution in [2.45, 2.75) is 20.8 Å². The molecular formula is C18H21NO3. The molecule has 0 saturated carbocycles. The fourth-order valence-corrected chi connectivity index (χ4v) is 2.22. The molecule has 0 aromatic heterocycles. The van der Waals surface area contributed by atoms with Gasteiger partial charge in [-0.1, -0.05) is 24.3 Å². The number of hydrogen-bond acceptors (Lipinski definition) is 3. The summed E-state index contributed by atoms with van der Waals surface area (Å²) in [4.78, 5) is 12.1. The molecule has 116 valence electrons. The van der Waals surface area contributed by atoms with Gasteiger partial charge in [0.1, 0.15) is 0 Å². The highest BCUT2D eigenvalue weighted by molar-refractivity contribution is 5.93. The maximum absolute atomic E-state index is 12.1. The van der Waals surface area contributed by atoms with Crippen LogP contribution in [-0.2, 0) is 4.79 Å². The molecule has 0 aliphatic heterocycles. The second kappa shape index (κ2) is 6.98. The molecule has 1 amide bonds. The summed E-state index contributed by atoms with van der Waals surface area (Å²) in [5.41, 5.74) is 3.97. The van der Waals surface area contributed by atoms with E-state index >= 15 is 0 Å². The normalized spacial score (nSPS) is 10.2. The van der Waals surface area contributed by atoms with Crippen molar-refractivity contribution in [1.82, 2.24) is 0 Å². The zero-order valence-electron chi connectivity index (χ0n) is 13.4. The summed E-state index contributed by atoms with van der Waals surface area (Å²) in [6.45, 7) is 5.84. The van der Waals surface area contributed by atoms with E-state index in [1.165, 1.54) is 0 Å². The number of para-hydroxylation sites is 1. The van der Waals surface area contributed by atoms with E-state index in [1.54, 1.807) is 13.2 Å². The van der Waals surface area contributed by atoms with Crippen molar-refractivity contribution < 1.29 is 14.3 Å².